The summed E-state index contributed by atoms with van der Waals surface area (Å²) in [6.07, 6.45) is 9.90. The van der Waals surface area contributed by atoms with Crippen molar-refractivity contribution in [3.8, 4) is 0 Å². The molecule has 1 saturated heterocycles. The number of Topliss-reactive ketones (excluding diaryl/α,β-unsaturated/α-hetero) is 1. The van der Waals surface area contributed by atoms with E-state index in [1.54, 1.807) is 0 Å². The number of hydrogen-bond acceptors (Lipinski definition) is 16. The summed E-state index contributed by atoms with van der Waals surface area (Å²) >= 11 is 0. The number of allylic oxidation sites excluding steroid dienone is 8. The van der Waals surface area contributed by atoms with Crippen molar-refractivity contribution in [2.24, 2.45) is 11.8 Å². The molecule has 1 heterocycles. The Hall–Kier alpha value is -2.71. The third kappa shape index (κ3) is 26.8. The molecule has 9 N–H and O–H groups in total. The standard InChI is InChI=1S/C49H82O19P2/c1-3-5-7-8-9-10-11-12-13-14-15-16-17-18-19-20-26-30-43(54)66-37-34-64-42(53)29-25-22-21-24-28-38-40(51)33-41(52)39(32-31-36(50)27-23-6-4-2)45(56)48(67-69(59,60)61)49(47(58)46(57)44(38)55)68-70(62,63)65-35-37/h5,7,9-10,12-13,15-16,31-32,36-40,44-51,55-58H,3-4,6,8,11,14,17-30,33-35H2,1-2H3,(H,62,63)(H2,59,60,61)/b7-5-,10-9-,13-12-,16-15-,32-31+/t36-,37+,38-,39-,40-,44+,45+,46-,47+,48+,49-/m0/s1. The Kier molecular flexibility index (Phi) is 32.1. The normalized spacial score (nSPS) is 30.5. The van der Waals surface area contributed by atoms with Gasteiger partial charge in [-0.1, -0.05) is 126 Å². The minimum absolute atomic E-state index is 0.0603. The van der Waals surface area contributed by atoms with Crippen LogP contribution in [0.25, 0.3) is 0 Å². The fourth-order valence-electron chi connectivity index (χ4n) is 8.06. The highest BCUT2D eigenvalue weighted by Gasteiger charge is 2.51. The fourth-order valence-corrected chi connectivity index (χ4v) is 9.59. The van der Waals surface area contributed by atoms with Crippen LogP contribution in [0.4, 0.5) is 0 Å². The number of cyclic esters (lactones) is 1. The molecule has 70 heavy (non-hydrogen) atoms. The maximum atomic E-state index is 13.9. The minimum Gasteiger partial charge on any atom is -0.462 e. The summed E-state index contributed by atoms with van der Waals surface area (Å²) in [6.45, 7) is 2.43. The van der Waals surface area contributed by atoms with E-state index in [0.717, 1.165) is 69.9 Å². The van der Waals surface area contributed by atoms with Crippen molar-refractivity contribution in [3.05, 3.63) is 60.8 Å². The van der Waals surface area contributed by atoms with Crippen molar-refractivity contribution in [1.82, 2.24) is 0 Å². The van der Waals surface area contributed by atoms with Crippen molar-refractivity contribution < 1.29 is 91.9 Å². The van der Waals surface area contributed by atoms with Gasteiger partial charge >= 0.3 is 27.6 Å². The molecule has 2 fully saturated rings. The fraction of sp³-hybridized carbons (Fsp3) is 0.735. The molecule has 0 spiro atoms. The number of ether oxygens (including phenoxy) is 2. The van der Waals surface area contributed by atoms with E-state index in [-0.39, 0.29) is 32.1 Å². The van der Waals surface area contributed by atoms with Gasteiger partial charge in [0.25, 0.3) is 0 Å². The van der Waals surface area contributed by atoms with Gasteiger partial charge in [0.15, 0.2) is 6.10 Å². The van der Waals surface area contributed by atoms with E-state index in [4.69, 9.17) is 23.0 Å². The summed E-state index contributed by atoms with van der Waals surface area (Å²) in [5.41, 5.74) is 0. The molecule has 0 aromatic heterocycles. The molecule has 0 aromatic carbocycles. The number of carbonyl (C=O) groups is 3. The molecule has 2 rings (SSSR count). The van der Waals surface area contributed by atoms with Gasteiger partial charge < -0.3 is 54.8 Å². The van der Waals surface area contributed by atoms with E-state index in [1.807, 2.05) is 6.92 Å². The Morgan fingerprint density at radius 3 is 2.10 bits per heavy atom. The van der Waals surface area contributed by atoms with Crippen LogP contribution in [0.3, 0.4) is 0 Å². The lowest BCUT2D eigenvalue weighted by atomic mass is 9.82. The molecule has 1 saturated carbocycles. The van der Waals surface area contributed by atoms with Gasteiger partial charge in [0.05, 0.1) is 36.9 Å². The number of unbranched alkanes of at least 4 members (excludes halogenated alkanes) is 6. The second-order valence-electron chi connectivity index (χ2n) is 17.9. The van der Waals surface area contributed by atoms with Crippen molar-refractivity contribution >= 4 is 33.4 Å². The van der Waals surface area contributed by atoms with Crippen LogP contribution >= 0.6 is 15.6 Å². The molecular formula is C49H82O19P2. The van der Waals surface area contributed by atoms with E-state index in [2.05, 4.69) is 55.5 Å². The quantitative estimate of drug-likeness (QED) is 0.0230. The van der Waals surface area contributed by atoms with E-state index in [0.29, 0.717) is 38.5 Å². The summed E-state index contributed by atoms with van der Waals surface area (Å²) in [7, 11) is -11.5. The van der Waals surface area contributed by atoms with Crippen LogP contribution in [0, 0.1) is 11.8 Å². The molecular weight excluding hydrogens is 954 g/mol. The summed E-state index contributed by atoms with van der Waals surface area (Å²) in [6, 6.07) is 0. The summed E-state index contributed by atoms with van der Waals surface area (Å²) in [4.78, 5) is 70.7. The van der Waals surface area contributed by atoms with E-state index >= 15 is 0 Å². The Morgan fingerprint density at radius 1 is 0.800 bits per heavy atom. The SMILES string of the molecule is CC/C=C\C/C=C\C/C=C\C/C=C\CCCCCCC(=O)O[C@@H]1COC(=O)CCCCCC[C@@H]2[C@@H](O)[C@H](O)[C@@H](O)[C@H](OP(=O)(O)OC1)[C@H](OP(=O)(O)O)[C@H](O)[C@@H](/C=C/[C@@H](O)CCCCC)C(=O)C[C@@H]2O. The van der Waals surface area contributed by atoms with Crippen molar-refractivity contribution in [3.63, 3.8) is 0 Å². The number of rotatable bonds is 23. The van der Waals surface area contributed by atoms with Gasteiger partial charge in [-0.2, -0.15) is 0 Å². The molecule has 2 bridgehead atoms. The number of ketones is 1. The first-order valence-corrected chi connectivity index (χ1v) is 28.0. The zero-order valence-electron chi connectivity index (χ0n) is 40.9. The van der Waals surface area contributed by atoms with Crippen molar-refractivity contribution in [2.75, 3.05) is 13.2 Å². The maximum Gasteiger partial charge on any atom is 0.472 e. The molecule has 402 valence electrons. The van der Waals surface area contributed by atoms with Crippen molar-refractivity contribution in [1.29, 1.82) is 0 Å². The van der Waals surface area contributed by atoms with Crippen LogP contribution in [-0.4, -0.2) is 131 Å². The first-order chi connectivity index (χ1) is 33.3. The van der Waals surface area contributed by atoms with Gasteiger partial charge in [-0.3, -0.25) is 28.0 Å². The van der Waals surface area contributed by atoms with Gasteiger partial charge in [0, 0.05) is 25.2 Å². The van der Waals surface area contributed by atoms with E-state index in [1.165, 1.54) is 0 Å². The number of aliphatic hydroxyl groups excluding tert-OH is 6. The van der Waals surface area contributed by atoms with Gasteiger partial charge in [-0.15, -0.1) is 0 Å². The lowest BCUT2D eigenvalue weighted by Gasteiger charge is -2.38. The number of hydrogen-bond donors (Lipinski definition) is 9. The van der Waals surface area contributed by atoms with Crippen LogP contribution < -0.4 is 0 Å². The number of phosphoric ester groups is 2. The summed E-state index contributed by atoms with van der Waals surface area (Å²) in [5.74, 6) is -5.69. The molecule has 1 unspecified atom stereocenters. The molecule has 0 radical (unpaired) electrons. The third-order valence-electron chi connectivity index (χ3n) is 12.0. The minimum atomic E-state index is -5.80. The van der Waals surface area contributed by atoms with Crippen LogP contribution in [-0.2, 0) is 46.6 Å². The Balaban J connectivity index is 2.31. The number of fused-ring (bicyclic) bond motifs is 4. The largest absolute Gasteiger partial charge is 0.472 e. The average molecular weight is 1040 g/mol. The second-order valence-corrected chi connectivity index (χ2v) is 20.5. The van der Waals surface area contributed by atoms with Crippen LogP contribution in [0.2, 0.25) is 0 Å². The lowest BCUT2D eigenvalue weighted by molar-refractivity contribution is -0.165. The Labute approximate surface area is 413 Å². The molecule has 0 amide bonds. The number of carbonyl (C=O) groups excluding carboxylic acids is 3. The average Bonchev–Trinajstić information content (AvgIpc) is 3.30. The molecule has 1 aliphatic carbocycles. The van der Waals surface area contributed by atoms with Gasteiger partial charge in [0.1, 0.15) is 36.8 Å². The number of esters is 2. The number of phosphoric acid groups is 2. The molecule has 19 nitrogen and oxygen atoms in total. The first-order valence-electron chi connectivity index (χ1n) is 24.9. The van der Waals surface area contributed by atoms with Crippen LogP contribution in [0.15, 0.2) is 60.8 Å². The monoisotopic (exact) mass is 1040 g/mol. The molecule has 12 atom stereocenters. The number of aliphatic hydroxyl groups is 6. The highest BCUT2D eigenvalue weighted by Crippen LogP contribution is 2.49. The molecule has 0 aromatic rings. The zero-order valence-corrected chi connectivity index (χ0v) is 42.7. The van der Waals surface area contributed by atoms with Gasteiger partial charge in [-0.05, 0) is 64.2 Å². The van der Waals surface area contributed by atoms with Crippen LogP contribution in [0.1, 0.15) is 149 Å². The lowest BCUT2D eigenvalue weighted by Crippen LogP contribution is -2.56. The summed E-state index contributed by atoms with van der Waals surface area (Å²) < 4.78 is 52.2. The highest BCUT2D eigenvalue weighted by molar-refractivity contribution is 7.47. The molecule has 1 aliphatic heterocycles. The van der Waals surface area contributed by atoms with Crippen molar-refractivity contribution in [2.45, 2.75) is 204 Å². The maximum absolute atomic E-state index is 13.9. The first kappa shape index (κ1) is 63.4. The smallest absolute Gasteiger partial charge is 0.462 e. The predicted molar refractivity (Wildman–Crippen MR) is 260 cm³/mol. The molecule has 21 heteroatoms. The van der Waals surface area contributed by atoms with Gasteiger partial charge in [-0.25, -0.2) is 9.13 Å². The third-order valence-corrected chi connectivity index (χ3v) is 13.5. The van der Waals surface area contributed by atoms with E-state index in [9.17, 15) is 68.8 Å². The second kappa shape index (κ2) is 35.4. The summed E-state index contributed by atoms with van der Waals surface area (Å²) in [5, 5.41) is 68.2. The van der Waals surface area contributed by atoms with E-state index < -0.39 is 120 Å². The Bertz CT molecular complexity index is 1750. The van der Waals surface area contributed by atoms with Gasteiger partial charge in [0.2, 0.25) is 0 Å². The van der Waals surface area contributed by atoms with Crippen LogP contribution in [0.5, 0.6) is 0 Å². The predicted octanol–water partition coefficient (Wildman–Crippen LogP) is 6.43. The Morgan fingerprint density at radius 2 is 1.44 bits per heavy atom. The topological polar surface area (TPSA) is 314 Å². The highest BCUT2D eigenvalue weighted by atomic mass is 31.2. The molecule has 2 aliphatic rings. The zero-order chi connectivity index (χ0) is 52.0.